The van der Waals surface area contributed by atoms with Crippen LogP contribution in [0.4, 0.5) is 0 Å². The molecule has 0 aliphatic carbocycles. The Morgan fingerprint density at radius 3 is 2.14 bits per heavy atom. The van der Waals surface area contributed by atoms with E-state index >= 15 is 0 Å². The SMILES string of the molecule is O=C(CSc1ccc2ccccc2c1)N1CCN(C(=O)c2ccccc2)CC1. The molecule has 0 unspecified atom stereocenters. The van der Waals surface area contributed by atoms with Crippen molar-refractivity contribution in [1.82, 2.24) is 9.80 Å². The van der Waals surface area contributed by atoms with Crippen LogP contribution in [-0.2, 0) is 4.79 Å². The average Bonchev–Trinajstić information content (AvgIpc) is 2.77. The van der Waals surface area contributed by atoms with Crippen LogP contribution in [0.15, 0.2) is 77.7 Å². The van der Waals surface area contributed by atoms with E-state index in [-0.39, 0.29) is 11.8 Å². The molecule has 1 fully saturated rings. The van der Waals surface area contributed by atoms with Crippen molar-refractivity contribution >= 4 is 34.3 Å². The number of benzene rings is 3. The van der Waals surface area contributed by atoms with E-state index in [1.165, 1.54) is 10.8 Å². The van der Waals surface area contributed by atoms with Crippen molar-refractivity contribution in [3.8, 4) is 0 Å². The van der Waals surface area contributed by atoms with Gasteiger partial charge >= 0.3 is 0 Å². The predicted molar refractivity (Wildman–Crippen MR) is 114 cm³/mol. The zero-order valence-electron chi connectivity index (χ0n) is 15.6. The van der Waals surface area contributed by atoms with Crippen molar-refractivity contribution in [1.29, 1.82) is 0 Å². The minimum absolute atomic E-state index is 0.0400. The molecule has 5 heteroatoms. The first-order valence-electron chi connectivity index (χ1n) is 9.44. The maximum atomic E-state index is 12.6. The quantitative estimate of drug-likeness (QED) is 0.634. The van der Waals surface area contributed by atoms with Gasteiger partial charge in [-0.2, -0.15) is 0 Å². The van der Waals surface area contributed by atoms with Gasteiger partial charge < -0.3 is 9.80 Å². The first kappa shape index (κ1) is 18.6. The lowest BCUT2D eigenvalue weighted by Gasteiger charge is -2.34. The number of hydrogen-bond donors (Lipinski definition) is 0. The van der Waals surface area contributed by atoms with Gasteiger partial charge in [0.05, 0.1) is 5.75 Å². The first-order valence-corrected chi connectivity index (χ1v) is 10.4. The van der Waals surface area contributed by atoms with E-state index in [4.69, 9.17) is 0 Å². The molecule has 1 aliphatic rings. The second-order valence-corrected chi connectivity index (χ2v) is 7.89. The maximum Gasteiger partial charge on any atom is 0.253 e. The van der Waals surface area contributed by atoms with Crippen LogP contribution in [0, 0.1) is 0 Å². The number of thioether (sulfide) groups is 1. The molecule has 2 amide bonds. The average molecular weight is 391 g/mol. The molecule has 1 aliphatic heterocycles. The summed E-state index contributed by atoms with van der Waals surface area (Å²) in [6.45, 7) is 2.35. The highest BCUT2D eigenvalue weighted by Gasteiger charge is 2.24. The van der Waals surface area contributed by atoms with Crippen molar-refractivity contribution in [3.05, 3.63) is 78.4 Å². The van der Waals surface area contributed by atoms with Gasteiger partial charge in [-0.05, 0) is 35.0 Å². The van der Waals surface area contributed by atoms with Crippen molar-refractivity contribution < 1.29 is 9.59 Å². The monoisotopic (exact) mass is 390 g/mol. The van der Waals surface area contributed by atoms with E-state index in [0.29, 0.717) is 37.5 Å². The molecule has 0 aromatic heterocycles. The van der Waals surface area contributed by atoms with E-state index in [1.54, 1.807) is 11.8 Å². The fourth-order valence-corrected chi connectivity index (χ4v) is 4.26. The number of rotatable bonds is 4. The summed E-state index contributed by atoms with van der Waals surface area (Å²) in [5.74, 6) is 0.591. The zero-order valence-corrected chi connectivity index (χ0v) is 16.4. The van der Waals surface area contributed by atoms with Gasteiger partial charge in [-0.3, -0.25) is 9.59 Å². The minimum atomic E-state index is 0.0400. The van der Waals surface area contributed by atoms with Crippen molar-refractivity contribution in [2.45, 2.75) is 4.90 Å². The van der Waals surface area contributed by atoms with Crippen LogP contribution in [0.2, 0.25) is 0 Å². The van der Waals surface area contributed by atoms with Gasteiger partial charge in [-0.1, -0.05) is 48.5 Å². The molecule has 142 valence electrons. The molecule has 0 radical (unpaired) electrons. The summed E-state index contributed by atoms with van der Waals surface area (Å²) >= 11 is 1.57. The van der Waals surface area contributed by atoms with Crippen molar-refractivity contribution in [2.75, 3.05) is 31.9 Å². The molecule has 4 nitrogen and oxygen atoms in total. The van der Waals surface area contributed by atoms with E-state index < -0.39 is 0 Å². The van der Waals surface area contributed by atoms with Crippen LogP contribution >= 0.6 is 11.8 Å². The molecule has 0 N–H and O–H groups in total. The van der Waals surface area contributed by atoms with Crippen molar-refractivity contribution in [3.63, 3.8) is 0 Å². The highest BCUT2D eigenvalue weighted by Crippen LogP contribution is 2.24. The predicted octanol–water partition coefficient (Wildman–Crippen LogP) is 3.92. The Kier molecular flexibility index (Phi) is 5.63. The Hall–Kier alpha value is -2.79. The lowest BCUT2D eigenvalue weighted by molar-refractivity contribution is -0.129. The van der Waals surface area contributed by atoms with E-state index in [2.05, 4.69) is 30.3 Å². The van der Waals surface area contributed by atoms with Gasteiger partial charge in [-0.15, -0.1) is 11.8 Å². The first-order chi connectivity index (χ1) is 13.7. The van der Waals surface area contributed by atoms with Gasteiger partial charge in [0.1, 0.15) is 0 Å². The number of carbonyl (C=O) groups is 2. The van der Waals surface area contributed by atoms with E-state index in [9.17, 15) is 9.59 Å². The largest absolute Gasteiger partial charge is 0.338 e. The minimum Gasteiger partial charge on any atom is -0.338 e. The Morgan fingerprint density at radius 1 is 0.750 bits per heavy atom. The second kappa shape index (κ2) is 8.48. The highest BCUT2D eigenvalue weighted by molar-refractivity contribution is 8.00. The third kappa shape index (κ3) is 4.20. The summed E-state index contributed by atoms with van der Waals surface area (Å²) in [4.78, 5) is 29.9. The molecule has 0 spiro atoms. The molecule has 0 bridgehead atoms. The highest BCUT2D eigenvalue weighted by atomic mass is 32.2. The summed E-state index contributed by atoms with van der Waals surface area (Å²) in [7, 11) is 0. The Labute approximate surface area is 169 Å². The third-order valence-electron chi connectivity index (χ3n) is 5.02. The molecule has 28 heavy (non-hydrogen) atoms. The number of fused-ring (bicyclic) bond motifs is 1. The van der Waals surface area contributed by atoms with Crippen LogP contribution in [0.25, 0.3) is 10.8 Å². The lowest BCUT2D eigenvalue weighted by Crippen LogP contribution is -2.51. The molecular formula is C23H22N2O2S. The number of carbonyl (C=O) groups excluding carboxylic acids is 2. The standard InChI is InChI=1S/C23H22N2O2S/c26-22(17-28-21-11-10-18-6-4-5-9-20(18)16-21)24-12-14-25(15-13-24)23(27)19-7-2-1-3-8-19/h1-11,16H,12-15,17H2. The Morgan fingerprint density at radius 2 is 1.39 bits per heavy atom. The smallest absolute Gasteiger partial charge is 0.253 e. The maximum absolute atomic E-state index is 12.6. The van der Waals surface area contributed by atoms with Crippen LogP contribution < -0.4 is 0 Å². The number of nitrogens with zero attached hydrogens (tertiary/aromatic N) is 2. The van der Waals surface area contributed by atoms with Crippen LogP contribution in [0.5, 0.6) is 0 Å². The van der Waals surface area contributed by atoms with Crippen LogP contribution in [0.1, 0.15) is 10.4 Å². The summed E-state index contributed by atoms with van der Waals surface area (Å²) in [5, 5.41) is 2.39. The Bertz CT molecular complexity index is 982. The fourth-order valence-electron chi connectivity index (χ4n) is 3.42. The van der Waals surface area contributed by atoms with Gasteiger partial charge in [0.15, 0.2) is 0 Å². The molecule has 0 atom stereocenters. The molecular weight excluding hydrogens is 368 g/mol. The summed E-state index contributed by atoms with van der Waals surface area (Å²) in [6, 6.07) is 23.8. The molecule has 1 saturated heterocycles. The lowest BCUT2D eigenvalue weighted by atomic mass is 10.1. The summed E-state index contributed by atoms with van der Waals surface area (Å²) in [5.41, 5.74) is 0.703. The summed E-state index contributed by atoms with van der Waals surface area (Å²) < 4.78 is 0. The Balaban J connectivity index is 1.29. The van der Waals surface area contributed by atoms with Crippen LogP contribution in [0.3, 0.4) is 0 Å². The van der Waals surface area contributed by atoms with Gasteiger partial charge in [0.2, 0.25) is 5.91 Å². The van der Waals surface area contributed by atoms with Gasteiger partial charge in [0, 0.05) is 36.6 Å². The van der Waals surface area contributed by atoms with Gasteiger partial charge in [0.25, 0.3) is 5.91 Å². The normalized spacial score (nSPS) is 14.3. The second-order valence-electron chi connectivity index (χ2n) is 6.84. The fraction of sp³-hybridized carbons (Fsp3) is 0.217. The van der Waals surface area contributed by atoms with E-state index in [1.807, 2.05) is 52.3 Å². The van der Waals surface area contributed by atoms with Crippen molar-refractivity contribution in [2.24, 2.45) is 0 Å². The topological polar surface area (TPSA) is 40.6 Å². The molecule has 1 heterocycles. The third-order valence-corrected chi connectivity index (χ3v) is 6.00. The molecule has 3 aromatic carbocycles. The number of hydrogen-bond acceptors (Lipinski definition) is 3. The number of amides is 2. The zero-order chi connectivity index (χ0) is 19.3. The molecule has 4 rings (SSSR count). The van der Waals surface area contributed by atoms with Crippen LogP contribution in [-0.4, -0.2) is 53.5 Å². The summed E-state index contributed by atoms with van der Waals surface area (Å²) in [6.07, 6.45) is 0. The molecule has 3 aromatic rings. The van der Waals surface area contributed by atoms with Gasteiger partial charge in [-0.25, -0.2) is 0 Å². The molecule has 0 saturated carbocycles. The number of piperazine rings is 1. The van der Waals surface area contributed by atoms with E-state index in [0.717, 1.165) is 4.90 Å².